The molecule has 0 fully saturated rings. The summed E-state index contributed by atoms with van der Waals surface area (Å²) in [5.41, 5.74) is 2.92. The Kier molecular flexibility index (Phi) is 6.21. The molecule has 1 aromatic heterocycles. The number of nitrogens with zero attached hydrogens (tertiary/aromatic N) is 3. The fraction of sp³-hybridized carbons (Fsp3) is 0.120. The van der Waals surface area contributed by atoms with Crippen LogP contribution in [0.4, 0.5) is 15.9 Å². The van der Waals surface area contributed by atoms with Gasteiger partial charge in [0.25, 0.3) is 15.9 Å². The number of carbonyl (C=O) groups excluding carboxylic acids is 1. The fourth-order valence-corrected chi connectivity index (χ4v) is 4.65. The number of benzene rings is 3. The number of aryl methyl sites for hydroxylation is 2. The van der Waals surface area contributed by atoms with Crippen LogP contribution in [0.5, 0.6) is 0 Å². The number of rotatable bonds is 6. The Morgan fingerprint density at radius 2 is 1.65 bits per heavy atom. The summed E-state index contributed by atoms with van der Waals surface area (Å²) in [6.07, 6.45) is 0. The van der Waals surface area contributed by atoms with Crippen molar-refractivity contribution in [2.45, 2.75) is 18.7 Å². The number of hydrogen-bond acceptors (Lipinski definition) is 4. The molecule has 1 amide bonds. The largest absolute Gasteiger partial charge is 0.306 e. The Morgan fingerprint density at radius 3 is 2.32 bits per heavy atom. The van der Waals surface area contributed by atoms with Crippen LogP contribution >= 0.6 is 0 Å². The lowest BCUT2D eigenvalue weighted by Crippen LogP contribution is -2.27. The molecule has 0 aliphatic heterocycles. The molecule has 0 saturated heterocycles. The third-order valence-electron chi connectivity index (χ3n) is 5.30. The van der Waals surface area contributed by atoms with Gasteiger partial charge in [0.05, 0.1) is 22.0 Å². The van der Waals surface area contributed by atoms with Crippen molar-refractivity contribution in [3.05, 3.63) is 102 Å². The van der Waals surface area contributed by atoms with Gasteiger partial charge in [0.1, 0.15) is 11.6 Å². The maximum absolute atomic E-state index is 13.3. The Hall–Kier alpha value is -3.98. The minimum absolute atomic E-state index is 0.00792. The van der Waals surface area contributed by atoms with Gasteiger partial charge in [0, 0.05) is 18.7 Å². The second kappa shape index (κ2) is 9.11. The van der Waals surface area contributed by atoms with Crippen LogP contribution in [0.2, 0.25) is 0 Å². The number of nitrogens with one attached hydrogen (secondary N) is 1. The van der Waals surface area contributed by atoms with Gasteiger partial charge in [-0.25, -0.2) is 17.5 Å². The van der Waals surface area contributed by atoms with Gasteiger partial charge < -0.3 is 5.32 Å². The number of aromatic nitrogens is 2. The van der Waals surface area contributed by atoms with E-state index in [2.05, 4.69) is 10.4 Å². The topological polar surface area (TPSA) is 84.3 Å². The lowest BCUT2D eigenvalue weighted by atomic mass is 10.2. The minimum atomic E-state index is -3.88. The van der Waals surface area contributed by atoms with Gasteiger partial charge in [0.15, 0.2) is 0 Å². The van der Waals surface area contributed by atoms with E-state index in [0.717, 1.165) is 5.56 Å². The van der Waals surface area contributed by atoms with Crippen LogP contribution in [-0.2, 0) is 10.0 Å². The van der Waals surface area contributed by atoms with Crippen LogP contribution in [0.25, 0.3) is 5.69 Å². The fourth-order valence-electron chi connectivity index (χ4n) is 3.41. The predicted octanol–water partition coefficient (Wildman–Crippen LogP) is 4.71. The molecule has 0 saturated carbocycles. The Bertz CT molecular complexity index is 1450. The van der Waals surface area contributed by atoms with Gasteiger partial charge in [-0.1, -0.05) is 23.8 Å². The van der Waals surface area contributed by atoms with Crippen LogP contribution in [-0.4, -0.2) is 31.2 Å². The summed E-state index contributed by atoms with van der Waals surface area (Å²) >= 11 is 0. The summed E-state index contributed by atoms with van der Waals surface area (Å²) in [5.74, 6) is -0.510. The smallest absolute Gasteiger partial charge is 0.264 e. The van der Waals surface area contributed by atoms with E-state index < -0.39 is 15.9 Å². The van der Waals surface area contributed by atoms with Crippen molar-refractivity contribution in [2.24, 2.45) is 0 Å². The molecular formula is C25H23FN4O3S. The predicted molar refractivity (Wildman–Crippen MR) is 129 cm³/mol. The molecule has 0 aliphatic carbocycles. The molecule has 0 spiro atoms. The van der Waals surface area contributed by atoms with Crippen molar-refractivity contribution in [3.8, 4) is 5.69 Å². The van der Waals surface area contributed by atoms with Gasteiger partial charge in [-0.2, -0.15) is 5.10 Å². The molecule has 0 aliphatic rings. The van der Waals surface area contributed by atoms with Crippen molar-refractivity contribution in [1.29, 1.82) is 0 Å². The van der Waals surface area contributed by atoms with E-state index in [9.17, 15) is 17.6 Å². The highest BCUT2D eigenvalue weighted by Crippen LogP contribution is 2.24. The molecule has 0 bridgehead atoms. The van der Waals surface area contributed by atoms with Crippen molar-refractivity contribution >= 4 is 27.4 Å². The van der Waals surface area contributed by atoms with Crippen LogP contribution < -0.4 is 9.62 Å². The number of sulfonamides is 1. The van der Waals surface area contributed by atoms with E-state index in [4.69, 9.17) is 0 Å². The number of carbonyl (C=O) groups is 1. The molecule has 0 atom stereocenters. The summed E-state index contributed by atoms with van der Waals surface area (Å²) in [4.78, 5) is 13.0. The molecule has 4 aromatic rings. The average molecular weight is 479 g/mol. The van der Waals surface area contributed by atoms with Gasteiger partial charge in [-0.05, 0) is 68.4 Å². The van der Waals surface area contributed by atoms with E-state index in [1.807, 2.05) is 19.1 Å². The molecule has 7 nitrogen and oxygen atoms in total. The van der Waals surface area contributed by atoms with Crippen molar-refractivity contribution in [3.63, 3.8) is 0 Å². The van der Waals surface area contributed by atoms with Crippen LogP contribution in [0, 0.1) is 19.7 Å². The zero-order valence-corrected chi connectivity index (χ0v) is 19.7. The summed E-state index contributed by atoms with van der Waals surface area (Å²) in [7, 11) is -2.42. The maximum atomic E-state index is 13.3. The van der Waals surface area contributed by atoms with E-state index in [1.54, 1.807) is 37.3 Å². The van der Waals surface area contributed by atoms with Crippen molar-refractivity contribution in [1.82, 2.24) is 9.78 Å². The van der Waals surface area contributed by atoms with Gasteiger partial charge in [0.2, 0.25) is 0 Å². The average Bonchev–Trinajstić information content (AvgIpc) is 3.19. The Labute approximate surface area is 197 Å². The van der Waals surface area contributed by atoms with Gasteiger partial charge in [-0.15, -0.1) is 0 Å². The Balaban J connectivity index is 1.61. The molecule has 9 heteroatoms. The third kappa shape index (κ3) is 4.69. The standard InChI is InChI=1S/C25H23FN4O3S/c1-17-7-11-21(12-8-17)29(3)34(32,33)23-6-4-5-19(16-23)25(31)27-24-15-18(2)28-30(24)22-13-9-20(26)10-14-22/h4-16H,1-3H3,(H,27,31). The number of amides is 1. The molecular weight excluding hydrogens is 455 g/mol. The monoisotopic (exact) mass is 478 g/mol. The molecule has 0 radical (unpaired) electrons. The number of halogens is 1. The van der Waals surface area contributed by atoms with E-state index >= 15 is 0 Å². The highest BCUT2D eigenvalue weighted by molar-refractivity contribution is 7.92. The quantitative estimate of drug-likeness (QED) is 0.435. The molecule has 34 heavy (non-hydrogen) atoms. The molecule has 4 rings (SSSR count). The van der Waals surface area contributed by atoms with E-state index in [1.165, 1.54) is 52.4 Å². The molecule has 0 unspecified atom stereocenters. The lowest BCUT2D eigenvalue weighted by molar-refractivity contribution is 0.102. The first kappa shape index (κ1) is 23.2. The first-order valence-electron chi connectivity index (χ1n) is 10.4. The summed E-state index contributed by atoms with van der Waals surface area (Å²) in [5, 5.41) is 7.12. The van der Waals surface area contributed by atoms with E-state index in [0.29, 0.717) is 22.9 Å². The lowest BCUT2D eigenvalue weighted by Gasteiger charge is -2.20. The van der Waals surface area contributed by atoms with Crippen LogP contribution in [0.1, 0.15) is 21.6 Å². The van der Waals surface area contributed by atoms with Crippen LogP contribution in [0.3, 0.4) is 0 Å². The summed E-state index contributed by atoms with van der Waals surface area (Å²) in [6, 6.07) is 20.3. The van der Waals surface area contributed by atoms with Crippen LogP contribution in [0.15, 0.2) is 83.8 Å². The summed E-state index contributed by atoms with van der Waals surface area (Å²) in [6.45, 7) is 3.69. The highest BCUT2D eigenvalue weighted by atomic mass is 32.2. The normalized spacial score (nSPS) is 11.3. The second-order valence-corrected chi connectivity index (χ2v) is 9.82. The van der Waals surface area contributed by atoms with Gasteiger partial charge in [-0.3, -0.25) is 9.10 Å². The zero-order valence-electron chi connectivity index (χ0n) is 18.9. The molecule has 3 aromatic carbocycles. The van der Waals surface area contributed by atoms with E-state index in [-0.39, 0.29) is 16.3 Å². The molecule has 174 valence electrons. The number of anilines is 2. The van der Waals surface area contributed by atoms with Gasteiger partial charge >= 0.3 is 0 Å². The third-order valence-corrected chi connectivity index (χ3v) is 7.08. The number of hydrogen-bond donors (Lipinski definition) is 1. The first-order chi connectivity index (χ1) is 16.1. The summed E-state index contributed by atoms with van der Waals surface area (Å²) < 4.78 is 42.3. The Morgan fingerprint density at radius 1 is 0.971 bits per heavy atom. The highest BCUT2D eigenvalue weighted by Gasteiger charge is 2.23. The SMILES string of the molecule is Cc1ccc(N(C)S(=O)(=O)c2cccc(C(=O)Nc3cc(C)nn3-c3ccc(F)cc3)c2)cc1. The molecule has 1 heterocycles. The maximum Gasteiger partial charge on any atom is 0.264 e. The van der Waals surface area contributed by atoms with Crippen molar-refractivity contribution < 1.29 is 17.6 Å². The van der Waals surface area contributed by atoms with Crippen molar-refractivity contribution in [2.75, 3.05) is 16.7 Å². The molecule has 1 N–H and O–H groups in total. The second-order valence-electron chi connectivity index (χ2n) is 7.85. The zero-order chi connectivity index (χ0) is 24.5. The minimum Gasteiger partial charge on any atom is -0.306 e. The first-order valence-corrected chi connectivity index (χ1v) is 11.9.